The van der Waals surface area contributed by atoms with Crippen molar-refractivity contribution in [1.82, 2.24) is 10.2 Å². The number of benzene rings is 4. The second-order valence-corrected chi connectivity index (χ2v) is 9.18. The molecular weight excluding hydrogens is 462 g/mol. The number of hydrogen-bond donors (Lipinski definition) is 1. The van der Waals surface area contributed by atoms with E-state index in [1.807, 2.05) is 89.8 Å². The molecule has 0 aliphatic carbocycles. The Morgan fingerprint density at radius 3 is 2.43 bits per heavy atom. The lowest BCUT2D eigenvalue weighted by Crippen LogP contribution is -2.30. The van der Waals surface area contributed by atoms with Gasteiger partial charge in [0.2, 0.25) is 5.91 Å². The molecule has 0 unspecified atom stereocenters. The van der Waals surface area contributed by atoms with E-state index >= 15 is 0 Å². The van der Waals surface area contributed by atoms with Gasteiger partial charge in [-0.2, -0.15) is 5.10 Å². The van der Waals surface area contributed by atoms with Crippen molar-refractivity contribution in [2.24, 2.45) is 0 Å². The summed E-state index contributed by atoms with van der Waals surface area (Å²) in [5.74, 6) is 0.812. The number of carbonyl (C=O) groups is 1. The molecule has 182 valence electrons. The zero-order valence-electron chi connectivity index (χ0n) is 20.2. The van der Waals surface area contributed by atoms with Gasteiger partial charge >= 0.3 is 0 Å². The predicted molar refractivity (Wildman–Crippen MR) is 145 cm³/mol. The van der Waals surface area contributed by atoms with Crippen LogP contribution in [0, 0.1) is 0 Å². The smallest absolute Gasteiger partial charge is 0.272 e. The Morgan fingerprint density at radius 2 is 1.62 bits per heavy atom. The van der Waals surface area contributed by atoms with Crippen LogP contribution >= 0.6 is 0 Å². The van der Waals surface area contributed by atoms with Gasteiger partial charge in [-0.15, -0.1) is 0 Å². The van der Waals surface area contributed by atoms with Crippen LogP contribution in [0.15, 0.2) is 102 Å². The molecule has 0 radical (unpaired) electrons. The number of carbonyl (C=O) groups excluding carboxylic acids is 1. The molecule has 4 aromatic carbocycles. The highest BCUT2D eigenvalue weighted by atomic mass is 16.5. The summed E-state index contributed by atoms with van der Waals surface area (Å²) in [5, 5.41) is 8.26. The van der Waals surface area contributed by atoms with Gasteiger partial charge < -0.3 is 9.64 Å². The largest absolute Gasteiger partial charge is 0.489 e. The van der Waals surface area contributed by atoms with Crippen LogP contribution in [-0.2, 0) is 24.2 Å². The van der Waals surface area contributed by atoms with Crippen molar-refractivity contribution in [3.05, 3.63) is 124 Å². The summed E-state index contributed by atoms with van der Waals surface area (Å²) in [6.45, 7) is 1.15. The van der Waals surface area contributed by atoms with Gasteiger partial charge in [-0.05, 0) is 35.2 Å². The van der Waals surface area contributed by atoms with Crippen molar-refractivity contribution >= 4 is 22.4 Å². The van der Waals surface area contributed by atoms with E-state index in [1.54, 1.807) is 6.07 Å². The number of aromatic nitrogens is 2. The normalized spacial score (nSPS) is 12.5. The van der Waals surface area contributed by atoms with Crippen molar-refractivity contribution in [2.45, 2.75) is 19.4 Å². The number of nitrogens with zero attached hydrogens (tertiary/aromatic N) is 2. The van der Waals surface area contributed by atoms with E-state index in [0.29, 0.717) is 30.7 Å². The van der Waals surface area contributed by atoms with Crippen LogP contribution in [0.25, 0.3) is 22.0 Å². The van der Waals surface area contributed by atoms with Gasteiger partial charge in [-0.1, -0.05) is 78.9 Å². The number of rotatable bonds is 6. The van der Waals surface area contributed by atoms with Crippen LogP contribution in [0.4, 0.5) is 5.69 Å². The summed E-state index contributed by atoms with van der Waals surface area (Å²) in [5.41, 5.74) is 5.50. The van der Waals surface area contributed by atoms with Crippen molar-refractivity contribution in [2.75, 3.05) is 11.4 Å². The molecule has 0 spiro atoms. The summed E-state index contributed by atoms with van der Waals surface area (Å²) in [7, 11) is 0. The zero-order valence-corrected chi connectivity index (χ0v) is 20.2. The molecule has 1 aliphatic heterocycles. The fourth-order valence-electron chi connectivity index (χ4n) is 4.83. The standard InChI is InChI=1S/C31H25N3O3/c35-29(34-17-16-23-14-15-25(19-28(23)34)37-20-22-6-2-1-3-7-22)18-21-10-12-24(13-11-21)30-26-8-4-5-9-27(26)31(36)33-32-30/h1-15,19H,16-18,20H2,(H,33,36). The molecular formula is C31H25N3O3. The fourth-order valence-corrected chi connectivity index (χ4v) is 4.83. The molecule has 1 amide bonds. The third-order valence-electron chi connectivity index (χ3n) is 6.78. The SMILES string of the molecule is O=C(Cc1ccc(-c2n[nH]c(=O)c3ccccc23)cc1)N1CCc2ccc(OCc3ccccc3)cc21. The molecule has 0 saturated carbocycles. The summed E-state index contributed by atoms with van der Waals surface area (Å²) in [4.78, 5) is 27.2. The summed E-state index contributed by atoms with van der Waals surface area (Å²) < 4.78 is 5.99. The number of hydrogen-bond acceptors (Lipinski definition) is 4. The molecule has 6 rings (SSSR count). The third-order valence-corrected chi connectivity index (χ3v) is 6.78. The highest BCUT2D eigenvalue weighted by molar-refractivity contribution is 5.97. The Hall–Kier alpha value is -4.71. The van der Waals surface area contributed by atoms with Gasteiger partial charge in [0, 0.05) is 23.6 Å². The first-order valence-electron chi connectivity index (χ1n) is 12.3. The fraction of sp³-hybridized carbons (Fsp3) is 0.129. The molecule has 5 aromatic rings. The Labute approximate surface area is 214 Å². The molecule has 1 aliphatic rings. The molecule has 6 nitrogen and oxygen atoms in total. The molecule has 0 atom stereocenters. The van der Waals surface area contributed by atoms with E-state index < -0.39 is 0 Å². The van der Waals surface area contributed by atoms with Crippen LogP contribution in [0.1, 0.15) is 16.7 Å². The van der Waals surface area contributed by atoms with Crippen molar-refractivity contribution in [1.29, 1.82) is 0 Å². The van der Waals surface area contributed by atoms with Gasteiger partial charge in [0.25, 0.3) is 5.56 Å². The van der Waals surface area contributed by atoms with Crippen LogP contribution < -0.4 is 15.2 Å². The summed E-state index contributed by atoms with van der Waals surface area (Å²) >= 11 is 0. The first kappa shape index (κ1) is 22.7. The minimum Gasteiger partial charge on any atom is -0.489 e. The monoisotopic (exact) mass is 487 g/mol. The second-order valence-electron chi connectivity index (χ2n) is 9.18. The van der Waals surface area contributed by atoms with Crippen LogP contribution in [0.2, 0.25) is 0 Å². The van der Waals surface area contributed by atoms with Crippen LogP contribution in [0.5, 0.6) is 5.75 Å². The zero-order chi connectivity index (χ0) is 25.2. The van der Waals surface area contributed by atoms with Gasteiger partial charge in [0.1, 0.15) is 12.4 Å². The first-order chi connectivity index (χ1) is 18.2. The number of H-pyrrole nitrogens is 1. The minimum atomic E-state index is -0.207. The maximum atomic E-state index is 13.3. The lowest BCUT2D eigenvalue weighted by atomic mass is 10.0. The number of anilines is 1. The number of amides is 1. The van der Waals surface area contributed by atoms with Gasteiger partial charge in [0.15, 0.2) is 0 Å². The molecule has 1 N–H and O–H groups in total. The van der Waals surface area contributed by atoms with Gasteiger partial charge in [-0.3, -0.25) is 9.59 Å². The van der Waals surface area contributed by atoms with E-state index in [4.69, 9.17) is 4.74 Å². The highest BCUT2D eigenvalue weighted by Crippen LogP contribution is 2.33. The van der Waals surface area contributed by atoms with Crippen molar-refractivity contribution in [3.63, 3.8) is 0 Å². The number of aromatic amines is 1. The maximum Gasteiger partial charge on any atom is 0.272 e. The Balaban J connectivity index is 1.17. The molecule has 1 aromatic heterocycles. The minimum absolute atomic E-state index is 0.0549. The lowest BCUT2D eigenvalue weighted by Gasteiger charge is -2.18. The second kappa shape index (κ2) is 9.74. The van der Waals surface area contributed by atoms with Crippen LogP contribution in [-0.4, -0.2) is 22.6 Å². The van der Waals surface area contributed by atoms with Crippen molar-refractivity contribution in [3.8, 4) is 17.0 Å². The van der Waals surface area contributed by atoms with E-state index in [1.165, 1.54) is 0 Å². The first-order valence-corrected chi connectivity index (χ1v) is 12.3. The Morgan fingerprint density at radius 1 is 0.865 bits per heavy atom. The molecule has 0 bridgehead atoms. The molecule has 37 heavy (non-hydrogen) atoms. The van der Waals surface area contributed by atoms with Gasteiger partial charge in [-0.25, -0.2) is 5.10 Å². The quantitative estimate of drug-likeness (QED) is 0.353. The summed E-state index contributed by atoms with van der Waals surface area (Å²) in [6.07, 6.45) is 1.14. The third kappa shape index (κ3) is 4.61. The summed E-state index contributed by atoms with van der Waals surface area (Å²) in [6, 6.07) is 31.3. The number of nitrogens with one attached hydrogen (secondary N) is 1. The van der Waals surface area contributed by atoms with E-state index in [9.17, 15) is 9.59 Å². The average Bonchev–Trinajstić information content (AvgIpc) is 3.37. The Bertz CT molecular complexity index is 1640. The molecule has 0 saturated heterocycles. The highest BCUT2D eigenvalue weighted by Gasteiger charge is 2.25. The molecule has 2 heterocycles. The maximum absolute atomic E-state index is 13.3. The Kier molecular flexibility index (Phi) is 5.98. The number of ether oxygens (including phenoxy) is 1. The number of fused-ring (bicyclic) bond motifs is 2. The molecule has 6 heteroatoms. The van der Waals surface area contributed by atoms with Crippen molar-refractivity contribution < 1.29 is 9.53 Å². The van der Waals surface area contributed by atoms with Crippen LogP contribution in [0.3, 0.4) is 0 Å². The van der Waals surface area contributed by atoms with E-state index in [0.717, 1.165) is 45.5 Å². The van der Waals surface area contributed by atoms with E-state index in [2.05, 4.69) is 16.3 Å². The van der Waals surface area contributed by atoms with Gasteiger partial charge in [0.05, 0.1) is 23.2 Å². The average molecular weight is 488 g/mol. The van der Waals surface area contributed by atoms with E-state index in [-0.39, 0.29) is 11.5 Å². The molecule has 0 fully saturated rings. The predicted octanol–water partition coefficient (Wildman–Crippen LogP) is 5.30. The topological polar surface area (TPSA) is 75.3 Å². The lowest BCUT2D eigenvalue weighted by molar-refractivity contribution is -0.117.